The number of hydrogen-bond acceptors (Lipinski definition) is 9. The molecule has 3 atom stereocenters. The summed E-state index contributed by atoms with van der Waals surface area (Å²) >= 11 is 4.10. The Hall–Kier alpha value is -4.08. The molecule has 14 nitrogen and oxygen atoms in total. The van der Waals surface area contributed by atoms with Crippen molar-refractivity contribution in [2.75, 3.05) is 18.4 Å². The van der Waals surface area contributed by atoms with Gasteiger partial charge in [0.25, 0.3) is 0 Å². The van der Waals surface area contributed by atoms with Crippen LogP contribution in [0.25, 0.3) is 0 Å². The molecule has 7 amide bonds. The molecular weight excluding hydrogens is 603 g/mol. The summed E-state index contributed by atoms with van der Waals surface area (Å²) in [5, 5.41) is 10.0. The van der Waals surface area contributed by atoms with Crippen LogP contribution in [0.3, 0.4) is 0 Å². The second-order valence-electron chi connectivity index (χ2n) is 11.0. The first-order valence-corrected chi connectivity index (χ1v) is 15.3. The molecule has 6 N–H and O–H groups in total. The molecule has 1 aromatic rings. The van der Waals surface area contributed by atoms with E-state index in [0.717, 1.165) is 0 Å². The van der Waals surface area contributed by atoms with Crippen LogP contribution in [0.2, 0.25) is 0 Å². The fourth-order valence-corrected chi connectivity index (χ4v) is 4.83. The molecule has 0 aromatic heterocycles. The zero-order valence-corrected chi connectivity index (χ0v) is 26.4. The van der Waals surface area contributed by atoms with Crippen molar-refractivity contribution in [3.63, 3.8) is 0 Å². The number of nitrogens with one attached hydrogen (secondary N) is 4. The molecule has 1 saturated heterocycles. The minimum atomic E-state index is -1.00. The summed E-state index contributed by atoms with van der Waals surface area (Å²) in [6.07, 6.45) is 2.36. The minimum Gasteiger partial charge on any atom is -0.470 e. The summed E-state index contributed by atoms with van der Waals surface area (Å²) in [5.41, 5.74) is 6.18. The maximum Gasteiger partial charge on any atom is 0.312 e. The van der Waals surface area contributed by atoms with Crippen LogP contribution in [0.15, 0.2) is 24.3 Å². The number of hydrogen-bond donors (Lipinski definition) is 6. The van der Waals surface area contributed by atoms with E-state index >= 15 is 0 Å². The van der Waals surface area contributed by atoms with Gasteiger partial charge in [-0.05, 0) is 49.3 Å². The minimum absolute atomic E-state index is 0.0329. The summed E-state index contributed by atoms with van der Waals surface area (Å²) in [7, 11) is 4.98. The fraction of sp³-hybridized carbons (Fsp3) is 0.552. The third-order valence-corrected chi connectivity index (χ3v) is 7.38. The monoisotopic (exact) mass is 644 g/mol. The van der Waals surface area contributed by atoms with Gasteiger partial charge in [-0.1, -0.05) is 32.4 Å². The smallest absolute Gasteiger partial charge is 0.312 e. The Kier molecular flexibility index (Phi) is 15.4. The van der Waals surface area contributed by atoms with Gasteiger partial charge in [-0.3, -0.25) is 33.7 Å². The zero-order valence-electron chi connectivity index (χ0n) is 25.5. The van der Waals surface area contributed by atoms with E-state index in [1.807, 2.05) is 0 Å². The first-order valence-electron chi connectivity index (χ1n) is 14.8. The van der Waals surface area contributed by atoms with Gasteiger partial charge in [0.05, 0.1) is 5.25 Å². The topological polar surface area (TPSA) is 206 Å². The average Bonchev–Trinajstić information content (AvgIpc) is 3.21. The van der Waals surface area contributed by atoms with E-state index in [9.17, 15) is 33.6 Å². The van der Waals surface area contributed by atoms with Crippen molar-refractivity contribution >= 4 is 67.6 Å². The fourth-order valence-electron chi connectivity index (χ4n) is 4.53. The number of carbonyl (C=O) groups excluding carboxylic acids is 7. The molecule has 2 unspecified atom stereocenters. The number of unbranched alkanes of at least 4 members (excludes halogenated alkanes) is 2. The molecule has 1 aliphatic rings. The molecule has 0 bridgehead atoms. The van der Waals surface area contributed by atoms with Gasteiger partial charge in [0, 0.05) is 31.6 Å². The second kappa shape index (κ2) is 18.7. The summed E-state index contributed by atoms with van der Waals surface area (Å²) in [5.74, 6) is -3.17. The molecule has 1 fully saturated rings. The number of nitrogens with zero attached hydrogens (tertiary/aromatic N) is 1. The quantitative estimate of drug-likeness (QED) is 0.0590. The highest BCUT2D eigenvalue weighted by Gasteiger charge is 2.35. The number of nitrogens with two attached hydrogens (primary N) is 1. The lowest BCUT2D eigenvalue weighted by Crippen LogP contribution is -2.54. The number of likely N-dealkylation sites (tertiary alicyclic amines) is 1. The lowest BCUT2D eigenvalue weighted by atomic mass is 10.0. The van der Waals surface area contributed by atoms with Gasteiger partial charge in [0.15, 0.2) is 0 Å². The number of thiol groups is 1. The Morgan fingerprint density at radius 2 is 1.71 bits per heavy atom. The number of anilines is 1. The van der Waals surface area contributed by atoms with E-state index in [4.69, 9.17) is 18.3 Å². The number of carbonyl (C=O) groups is 7. The highest BCUT2D eigenvalue weighted by molar-refractivity contribution is 7.81. The van der Waals surface area contributed by atoms with E-state index in [-0.39, 0.29) is 62.6 Å². The van der Waals surface area contributed by atoms with E-state index < -0.39 is 41.0 Å². The van der Waals surface area contributed by atoms with Crippen LogP contribution in [0.5, 0.6) is 0 Å². The molecule has 0 saturated carbocycles. The molecule has 1 aromatic carbocycles. The molecule has 1 aliphatic heterocycles. The third-order valence-electron chi connectivity index (χ3n) is 6.98. The maximum absolute atomic E-state index is 13.3. The maximum atomic E-state index is 13.3. The lowest BCUT2D eigenvalue weighted by molar-refractivity contribution is -0.138. The number of primary amides is 1. The van der Waals surface area contributed by atoms with Gasteiger partial charge >= 0.3 is 6.03 Å². The van der Waals surface area contributed by atoms with Crippen molar-refractivity contribution in [3.8, 4) is 0 Å². The van der Waals surface area contributed by atoms with Crippen molar-refractivity contribution < 1.29 is 38.3 Å². The van der Waals surface area contributed by atoms with Crippen LogP contribution in [0.4, 0.5) is 15.3 Å². The number of ether oxygens (including phenoxy) is 1. The second-order valence-corrected chi connectivity index (χ2v) is 11.6. The zero-order chi connectivity index (χ0) is 33.5. The summed E-state index contributed by atoms with van der Waals surface area (Å²) in [4.78, 5) is 86.1. The predicted molar refractivity (Wildman–Crippen MR) is 169 cm³/mol. The van der Waals surface area contributed by atoms with Crippen LogP contribution in [0.1, 0.15) is 64.4 Å². The molecule has 16 heteroatoms. The van der Waals surface area contributed by atoms with Crippen molar-refractivity contribution in [3.05, 3.63) is 29.8 Å². The van der Waals surface area contributed by atoms with Crippen molar-refractivity contribution in [2.24, 2.45) is 11.7 Å². The Balaban J connectivity index is 1.93. The molecule has 0 aliphatic carbocycles. The van der Waals surface area contributed by atoms with Gasteiger partial charge in [-0.25, -0.2) is 4.79 Å². The number of amides is 7. The standard InChI is InChI=1S/C29H41BN6O8S/c1-17(2)24(35-22(37)8-4-3-5-14-36-23(38)15-21(45)27(36)41)26(40)34-20(7-6-13-32-29(31)43)25(39)33-19-11-9-18(10-12-19)16-44-28(30)42/h9-12,17,20-21,24,45H,3-8,13-16H2,1-2H3,(H,33,39)(H,34,40)(H,35,37)(H3,31,32,43)/t20-,21?,24?/m0/s1. The normalized spacial score (nSPS) is 15.7. The lowest BCUT2D eigenvalue weighted by Gasteiger charge is -2.25. The van der Waals surface area contributed by atoms with Crippen molar-refractivity contribution in [2.45, 2.75) is 82.7 Å². The molecule has 2 rings (SSSR count). The third kappa shape index (κ3) is 13.2. The highest BCUT2D eigenvalue weighted by atomic mass is 32.1. The number of rotatable bonds is 18. The molecular formula is C29H41BN6O8S. The Morgan fingerprint density at radius 3 is 2.29 bits per heavy atom. The SMILES string of the molecule is [B]C(=O)OCc1ccc(NC(=O)[C@H](CCCNC(N)=O)NC(=O)C(NC(=O)CCCCCN2C(=O)CC(S)C2=O)C(C)C)cc1. The summed E-state index contributed by atoms with van der Waals surface area (Å²) in [6, 6.07) is 3.82. The van der Waals surface area contributed by atoms with Gasteiger partial charge < -0.3 is 31.7 Å². The molecule has 1 heterocycles. The summed E-state index contributed by atoms with van der Waals surface area (Å²) in [6.45, 7) is 3.95. The van der Waals surface area contributed by atoms with Crippen LogP contribution >= 0.6 is 12.6 Å². The van der Waals surface area contributed by atoms with Gasteiger partial charge in [-0.2, -0.15) is 12.6 Å². The van der Waals surface area contributed by atoms with E-state index in [2.05, 4.69) is 33.9 Å². The summed E-state index contributed by atoms with van der Waals surface area (Å²) < 4.78 is 4.74. The average molecular weight is 645 g/mol. The Bertz CT molecular complexity index is 1230. The van der Waals surface area contributed by atoms with Gasteiger partial charge in [-0.15, -0.1) is 0 Å². The number of imide groups is 1. The number of benzene rings is 1. The van der Waals surface area contributed by atoms with E-state index in [1.54, 1.807) is 38.1 Å². The Labute approximate surface area is 269 Å². The van der Waals surface area contributed by atoms with Gasteiger partial charge in [0.1, 0.15) is 18.7 Å². The number of urea groups is 1. The Morgan fingerprint density at radius 1 is 1.02 bits per heavy atom. The predicted octanol–water partition coefficient (Wildman–Crippen LogP) is 1.12. The van der Waals surface area contributed by atoms with Gasteiger partial charge in [0.2, 0.25) is 43.3 Å². The van der Waals surface area contributed by atoms with Crippen LogP contribution in [-0.4, -0.2) is 84.6 Å². The molecule has 244 valence electrons. The van der Waals surface area contributed by atoms with Crippen LogP contribution in [0, 0.1) is 5.92 Å². The van der Waals surface area contributed by atoms with Crippen molar-refractivity contribution in [1.29, 1.82) is 0 Å². The van der Waals surface area contributed by atoms with Crippen LogP contribution < -0.4 is 27.0 Å². The largest absolute Gasteiger partial charge is 0.470 e. The van der Waals surface area contributed by atoms with Crippen LogP contribution in [-0.2, 0) is 35.3 Å². The first kappa shape index (κ1) is 37.1. The van der Waals surface area contributed by atoms with Crippen molar-refractivity contribution in [1.82, 2.24) is 20.9 Å². The first-order chi connectivity index (χ1) is 21.3. The highest BCUT2D eigenvalue weighted by Crippen LogP contribution is 2.19. The molecule has 45 heavy (non-hydrogen) atoms. The molecule has 0 spiro atoms. The van der Waals surface area contributed by atoms with E-state index in [1.165, 1.54) is 4.90 Å². The molecule has 2 radical (unpaired) electrons. The van der Waals surface area contributed by atoms with E-state index in [0.29, 0.717) is 36.9 Å².